The highest BCUT2D eigenvalue weighted by atomic mass is 35.5. The molecule has 0 aliphatic carbocycles. The van der Waals surface area contributed by atoms with Crippen molar-refractivity contribution in [3.8, 4) is 0 Å². The Hall–Kier alpha value is -2.29. The van der Waals surface area contributed by atoms with Crippen molar-refractivity contribution < 1.29 is 27.9 Å². The minimum Gasteiger partial charge on any atom is -0.481 e. The molecule has 0 spiro atoms. The Morgan fingerprint density at radius 1 is 1.12 bits per heavy atom. The van der Waals surface area contributed by atoms with Crippen LogP contribution in [0, 0.1) is 5.92 Å². The molecule has 0 atom stereocenters. The largest absolute Gasteiger partial charge is 0.481 e. The second-order valence-electron chi connectivity index (χ2n) is 7.70. The van der Waals surface area contributed by atoms with Crippen LogP contribution in [0.5, 0.6) is 0 Å². The molecule has 1 fully saturated rings. The number of benzene rings is 2. The summed E-state index contributed by atoms with van der Waals surface area (Å²) in [6.45, 7) is 1.89. The van der Waals surface area contributed by atoms with E-state index in [4.69, 9.17) is 28.3 Å². The van der Waals surface area contributed by atoms with E-state index in [0.29, 0.717) is 38.2 Å². The topological polar surface area (TPSA) is 69.6 Å². The molecule has 0 radical (unpaired) electrons. The summed E-state index contributed by atoms with van der Waals surface area (Å²) in [7, 11) is 0. The number of nitrogens with one attached hydrogen (secondary N) is 1. The number of nitrogens with zero attached hydrogens (tertiary/aromatic N) is 1. The number of aliphatic carboxylic acids is 1. The lowest BCUT2D eigenvalue weighted by Crippen LogP contribution is -2.35. The lowest BCUT2D eigenvalue weighted by Gasteiger charge is -2.30. The van der Waals surface area contributed by atoms with Crippen LogP contribution in [0.4, 0.5) is 18.9 Å². The molecular formula is C22H21Cl2F3N2O3. The number of hydrogen-bond acceptors (Lipinski definition) is 3. The number of piperidine rings is 1. The first-order valence-electron chi connectivity index (χ1n) is 9.92. The van der Waals surface area contributed by atoms with Crippen molar-refractivity contribution in [2.45, 2.75) is 32.0 Å². The second-order valence-corrected chi connectivity index (χ2v) is 8.48. The maximum absolute atomic E-state index is 13.3. The van der Waals surface area contributed by atoms with E-state index >= 15 is 0 Å². The maximum Gasteiger partial charge on any atom is 0.416 e. The summed E-state index contributed by atoms with van der Waals surface area (Å²) in [6.07, 6.45) is -4.10. The van der Waals surface area contributed by atoms with Crippen molar-refractivity contribution >= 4 is 40.8 Å². The lowest BCUT2D eigenvalue weighted by molar-refractivity contribution is -0.143. The van der Waals surface area contributed by atoms with Crippen molar-refractivity contribution in [2.75, 3.05) is 18.4 Å². The van der Waals surface area contributed by atoms with Gasteiger partial charge in [-0.1, -0.05) is 35.3 Å². The first-order valence-corrected chi connectivity index (χ1v) is 10.7. The van der Waals surface area contributed by atoms with Gasteiger partial charge in [0.25, 0.3) is 0 Å². The van der Waals surface area contributed by atoms with Gasteiger partial charge < -0.3 is 10.4 Å². The molecule has 3 rings (SSSR count). The third-order valence-corrected chi connectivity index (χ3v) is 6.24. The molecule has 1 heterocycles. The van der Waals surface area contributed by atoms with Crippen molar-refractivity contribution in [3.63, 3.8) is 0 Å². The molecule has 0 bridgehead atoms. The van der Waals surface area contributed by atoms with Crippen LogP contribution in [-0.4, -0.2) is 35.0 Å². The zero-order chi connectivity index (χ0) is 23.5. The van der Waals surface area contributed by atoms with Crippen LogP contribution in [0.1, 0.15) is 29.5 Å². The van der Waals surface area contributed by atoms with Gasteiger partial charge in [0, 0.05) is 12.2 Å². The molecule has 2 aromatic carbocycles. The zero-order valence-corrected chi connectivity index (χ0v) is 18.4. The molecule has 0 saturated carbocycles. The summed E-state index contributed by atoms with van der Waals surface area (Å²) in [5, 5.41) is 11.4. The molecule has 0 unspecified atom stereocenters. The number of carbonyl (C=O) groups excluding carboxylic acids is 1. The Kier molecular flexibility index (Phi) is 7.69. The van der Waals surface area contributed by atoms with Gasteiger partial charge in [0.2, 0.25) is 5.91 Å². The molecule has 172 valence electrons. The predicted octanol–water partition coefficient (Wildman–Crippen LogP) is 5.49. The number of carboxylic acids is 1. The van der Waals surface area contributed by atoms with E-state index in [0.717, 1.165) is 17.7 Å². The highest BCUT2D eigenvalue weighted by Crippen LogP contribution is 2.38. The van der Waals surface area contributed by atoms with Crippen LogP contribution >= 0.6 is 23.2 Å². The maximum atomic E-state index is 13.3. The zero-order valence-electron chi connectivity index (χ0n) is 16.9. The summed E-state index contributed by atoms with van der Waals surface area (Å²) in [5.41, 5.74) is -0.0323. The van der Waals surface area contributed by atoms with Gasteiger partial charge >= 0.3 is 12.1 Å². The quantitative estimate of drug-likeness (QED) is 0.563. The normalized spacial score (nSPS) is 15.5. The number of halogens is 5. The van der Waals surface area contributed by atoms with E-state index in [1.165, 1.54) is 0 Å². The molecule has 10 heteroatoms. The van der Waals surface area contributed by atoms with Crippen LogP contribution in [0.2, 0.25) is 10.0 Å². The summed E-state index contributed by atoms with van der Waals surface area (Å²) in [5.74, 6) is -1.75. The smallest absolute Gasteiger partial charge is 0.416 e. The number of alkyl halides is 3. The van der Waals surface area contributed by atoms with Crippen molar-refractivity contribution in [1.82, 2.24) is 4.90 Å². The molecular weight excluding hydrogens is 468 g/mol. The Bertz CT molecular complexity index is 1010. The molecule has 1 amide bonds. The first-order chi connectivity index (χ1) is 15.0. The van der Waals surface area contributed by atoms with E-state index in [1.54, 1.807) is 18.2 Å². The molecule has 1 aliphatic rings. The summed E-state index contributed by atoms with van der Waals surface area (Å²) in [6, 6.07) is 8.85. The standard InChI is InChI=1S/C22H21Cl2F3N2O3/c23-18-5-4-17(22(25,26)27)16(20(18)24)11-19(30)28-15-3-1-2-13(10-15)12-29-8-6-14(7-9-29)21(31)32/h1-5,10,14H,6-9,11-12H2,(H,28,30)(H,31,32). The molecule has 1 aliphatic heterocycles. The minimum atomic E-state index is -4.67. The lowest BCUT2D eigenvalue weighted by atomic mass is 9.97. The molecule has 5 nitrogen and oxygen atoms in total. The van der Waals surface area contributed by atoms with Crippen molar-refractivity contribution in [3.05, 3.63) is 63.1 Å². The number of carboxylic acid groups (broad SMARTS) is 1. The van der Waals surface area contributed by atoms with Crippen molar-refractivity contribution in [2.24, 2.45) is 5.92 Å². The number of amides is 1. The van der Waals surface area contributed by atoms with Gasteiger partial charge in [-0.15, -0.1) is 0 Å². The summed E-state index contributed by atoms with van der Waals surface area (Å²) in [4.78, 5) is 25.7. The van der Waals surface area contributed by atoms with Crippen LogP contribution < -0.4 is 5.32 Å². The fraction of sp³-hybridized carbons (Fsp3) is 0.364. The third kappa shape index (κ3) is 6.15. The number of likely N-dealkylation sites (tertiary alicyclic amines) is 1. The van der Waals surface area contributed by atoms with Crippen LogP contribution in [0.3, 0.4) is 0 Å². The molecule has 0 aromatic heterocycles. The fourth-order valence-corrected chi connectivity index (χ4v) is 4.15. The van der Waals surface area contributed by atoms with E-state index in [-0.39, 0.29) is 21.5 Å². The van der Waals surface area contributed by atoms with E-state index in [9.17, 15) is 22.8 Å². The Morgan fingerprint density at radius 2 is 1.81 bits per heavy atom. The van der Waals surface area contributed by atoms with E-state index < -0.39 is 30.0 Å². The van der Waals surface area contributed by atoms with Gasteiger partial charge in [-0.25, -0.2) is 0 Å². The number of hydrogen-bond donors (Lipinski definition) is 2. The Balaban J connectivity index is 1.66. The van der Waals surface area contributed by atoms with E-state index in [2.05, 4.69) is 10.2 Å². The van der Waals surface area contributed by atoms with Crippen LogP contribution in [0.25, 0.3) is 0 Å². The predicted molar refractivity (Wildman–Crippen MR) is 116 cm³/mol. The molecule has 2 aromatic rings. The highest BCUT2D eigenvalue weighted by molar-refractivity contribution is 6.42. The van der Waals surface area contributed by atoms with Gasteiger partial charge in [-0.2, -0.15) is 13.2 Å². The number of carbonyl (C=O) groups is 2. The van der Waals surface area contributed by atoms with Gasteiger partial charge in [0.1, 0.15) is 0 Å². The van der Waals surface area contributed by atoms with Crippen LogP contribution in [-0.2, 0) is 28.7 Å². The average Bonchev–Trinajstić information content (AvgIpc) is 2.71. The van der Waals surface area contributed by atoms with Gasteiger partial charge in [0.05, 0.1) is 27.9 Å². The second kappa shape index (κ2) is 10.1. The van der Waals surface area contributed by atoms with Gasteiger partial charge in [-0.3, -0.25) is 14.5 Å². The monoisotopic (exact) mass is 488 g/mol. The van der Waals surface area contributed by atoms with Gasteiger partial charge in [0.15, 0.2) is 0 Å². The molecule has 32 heavy (non-hydrogen) atoms. The average molecular weight is 489 g/mol. The summed E-state index contributed by atoms with van der Waals surface area (Å²) >= 11 is 11.8. The van der Waals surface area contributed by atoms with E-state index in [1.807, 2.05) is 6.07 Å². The fourth-order valence-electron chi connectivity index (χ4n) is 3.74. The summed E-state index contributed by atoms with van der Waals surface area (Å²) < 4.78 is 39.9. The highest BCUT2D eigenvalue weighted by Gasteiger charge is 2.35. The SMILES string of the molecule is O=C(Cc1c(C(F)(F)F)ccc(Cl)c1Cl)Nc1cccc(CN2CCC(C(=O)O)CC2)c1. The Labute approximate surface area is 193 Å². The minimum absolute atomic E-state index is 0.0591. The van der Waals surface area contributed by atoms with Gasteiger partial charge in [-0.05, 0) is 61.3 Å². The Morgan fingerprint density at radius 3 is 2.44 bits per heavy atom. The molecule has 1 saturated heterocycles. The molecule has 2 N–H and O–H groups in total. The third-order valence-electron chi connectivity index (χ3n) is 5.39. The number of rotatable bonds is 6. The first kappa shape index (κ1) is 24.4. The van der Waals surface area contributed by atoms with Crippen LogP contribution in [0.15, 0.2) is 36.4 Å². The van der Waals surface area contributed by atoms with Crippen molar-refractivity contribution in [1.29, 1.82) is 0 Å². The number of anilines is 1.